The normalized spacial score (nSPS) is 30.3. The van der Waals surface area contributed by atoms with Crippen LogP contribution >= 0.6 is 0 Å². The third-order valence-corrected chi connectivity index (χ3v) is 6.71. The molecule has 0 saturated heterocycles. The van der Waals surface area contributed by atoms with Crippen LogP contribution in [0.3, 0.4) is 0 Å². The number of carbonyl (C=O) groups is 2. The molecule has 0 atom stereocenters. The van der Waals surface area contributed by atoms with Crippen LogP contribution in [0.4, 0.5) is 13.2 Å². The van der Waals surface area contributed by atoms with Crippen molar-refractivity contribution < 1.29 is 22.8 Å². The lowest BCUT2D eigenvalue weighted by atomic mass is 9.49. The van der Waals surface area contributed by atoms with Gasteiger partial charge in [-0.15, -0.1) is 0 Å². The van der Waals surface area contributed by atoms with Crippen LogP contribution in [0.1, 0.15) is 55.3 Å². The van der Waals surface area contributed by atoms with E-state index in [-0.39, 0.29) is 24.4 Å². The van der Waals surface area contributed by atoms with Crippen LogP contribution in [0.2, 0.25) is 0 Å². The number of hydrogen-bond donors (Lipinski definition) is 2. The fourth-order valence-electron chi connectivity index (χ4n) is 6.08. The third kappa shape index (κ3) is 3.76. The Balaban J connectivity index is 1.23. The van der Waals surface area contributed by atoms with Crippen LogP contribution in [-0.4, -0.2) is 24.9 Å². The lowest BCUT2D eigenvalue weighted by Crippen LogP contribution is -2.48. The minimum atomic E-state index is -1.67. The van der Waals surface area contributed by atoms with E-state index in [1.165, 1.54) is 19.3 Å². The van der Waals surface area contributed by atoms with Crippen molar-refractivity contribution in [1.29, 1.82) is 0 Å². The number of benzene rings is 1. The SMILES string of the molecule is O=C(CC12CC3CC(CC(C3)C1)C2)NCCNC(=O)c1ccc(F)c(F)c1F. The highest BCUT2D eigenvalue weighted by atomic mass is 19.2. The highest BCUT2D eigenvalue weighted by Gasteiger charge is 2.51. The molecule has 2 N–H and O–H groups in total. The second-order valence-electron chi connectivity index (χ2n) is 8.92. The summed E-state index contributed by atoms with van der Waals surface area (Å²) >= 11 is 0. The van der Waals surface area contributed by atoms with Crippen molar-refractivity contribution in [2.75, 3.05) is 13.1 Å². The van der Waals surface area contributed by atoms with Gasteiger partial charge in [-0.3, -0.25) is 9.59 Å². The quantitative estimate of drug-likeness (QED) is 0.573. The summed E-state index contributed by atoms with van der Waals surface area (Å²) in [7, 11) is 0. The fourth-order valence-corrected chi connectivity index (χ4v) is 6.08. The van der Waals surface area contributed by atoms with Crippen LogP contribution in [0, 0.1) is 40.6 Å². The van der Waals surface area contributed by atoms with Gasteiger partial charge in [-0.05, 0) is 73.8 Å². The van der Waals surface area contributed by atoms with Gasteiger partial charge in [0.2, 0.25) is 5.91 Å². The molecular weight excluding hydrogens is 369 g/mol. The van der Waals surface area contributed by atoms with E-state index in [0.717, 1.165) is 43.1 Å². The molecule has 2 amide bonds. The van der Waals surface area contributed by atoms with E-state index in [4.69, 9.17) is 0 Å². The van der Waals surface area contributed by atoms with E-state index in [1.807, 2.05) is 0 Å². The van der Waals surface area contributed by atoms with Gasteiger partial charge in [-0.2, -0.15) is 0 Å². The topological polar surface area (TPSA) is 58.2 Å². The lowest BCUT2D eigenvalue weighted by molar-refractivity contribution is -0.129. The summed E-state index contributed by atoms with van der Waals surface area (Å²) in [5.41, 5.74) is -0.407. The Kier molecular flexibility index (Phi) is 5.10. The van der Waals surface area contributed by atoms with E-state index in [2.05, 4.69) is 10.6 Å². The second kappa shape index (κ2) is 7.41. The number of amides is 2. The van der Waals surface area contributed by atoms with Gasteiger partial charge in [0.1, 0.15) is 0 Å². The fraction of sp³-hybridized carbons (Fsp3) is 0.619. The largest absolute Gasteiger partial charge is 0.354 e. The van der Waals surface area contributed by atoms with Gasteiger partial charge in [0.15, 0.2) is 17.5 Å². The van der Waals surface area contributed by atoms with Crippen molar-refractivity contribution in [2.24, 2.45) is 23.2 Å². The molecule has 1 aromatic rings. The van der Waals surface area contributed by atoms with Crippen LogP contribution in [0.25, 0.3) is 0 Å². The Labute approximate surface area is 162 Å². The average Bonchev–Trinajstić information content (AvgIpc) is 2.61. The zero-order valence-corrected chi connectivity index (χ0v) is 15.7. The Morgan fingerprint density at radius 3 is 2.07 bits per heavy atom. The minimum absolute atomic E-state index is 0.0183. The zero-order chi connectivity index (χ0) is 19.9. The molecule has 0 spiro atoms. The molecule has 0 heterocycles. The third-order valence-electron chi connectivity index (χ3n) is 6.71. The molecule has 5 rings (SSSR count). The first-order valence-corrected chi connectivity index (χ1v) is 10.0. The molecule has 7 heteroatoms. The standard InChI is InChI=1S/C21H25F3N2O2/c22-16-2-1-15(18(23)19(16)24)20(28)26-4-3-25-17(27)11-21-8-12-5-13(9-21)7-14(6-12)10-21/h1-2,12-14H,3-11H2,(H,25,27)(H,26,28). The summed E-state index contributed by atoms with van der Waals surface area (Å²) in [6, 6.07) is 1.61. The van der Waals surface area contributed by atoms with Gasteiger partial charge in [0.25, 0.3) is 5.91 Å². The van der Waals surface area contributed by atoms with Gasteiger partial charge in [0.05, 0.1) is 5.56 Å². The molecule has 4 aliphatic rings. The highest BCUT2D eigenvalue weighted by molar-refractivity contribution is 5.94. The highest BCUT2D eigenvalue weighted by Crippen LogP contribution is 2.61. The molecule has 4 saturated carbocycles. The van der Waals surface area contributed by atoms with E-state index in [0.29, 0.717) is 12.5 Å². The molecule has 4 fully saturated rings. The Bertz CT molecular complexity index is 761. The molecule has 0 aliphatic heterocycles. The van der Waals surface area contributed by atoms with Gasteiger partial charge < -0.3 is 10.6 Å². The van der Waals surface area contributed by atoms with Crippen molar-refractivity contribution in [2.45, 2.75) is 44.9 Å². The maximum absolute atomic E-state index is 13.6. The first-order valence-electron chi connectivity index (χ1n) is 10.0. The van der Waals surface area contributed by atoms with Crippen molar-refractivity contribution in [3.8, 4) is 0 Å². The zero-order valence-electron chi connectivity index (χ0n) is 15.7. The van der Waals surface area contributed by atoms with Crippen LogP contribution in [-0.2, 0) is 4.79 Å². The summed E-state index contributed by atoms with van der Waals surface area (Å²) in [5, 5.41) is 5.24. The van der Waals surface area contributed by atoms with Crippen molar-refractivity contribution in [1.82, 2.24) is 10.6 Å². The van der Waals surface area contributed by atoms with E-state index in [1.54, 1.807) is 0 Å². The molecule has 152 valence electrons. The molecule has 1 aromatic carbocycles. The predicted octanol–water partition coefficient (Wildman–Crippen LogP) is 3.56. The number of hydrogen-bond acceptors (Lipinski definition) is 2. The first kappa shape index (κ1) is 19.3. The Hall–Kier alpha value is -2.05. The van der Waals surface area contributed by atoms with Gasteiger partial charge in [-0.25, -0.2) is 13.2 Å². The monoisotopic (exact) mass is 394 g/mol. The van der Waals surface area contributed by atoms with E-state index >= 15 is 0 Å². The molecular formula is C21H25F3N2O2. The number of halogens is 3. The molecule has 4 aliphatic carbocycles. The molecule has 0 radical (unpaired) electrons. The van der Waals surface area contributed by atoms with Crippen LogP contribution in [0.5, 0.6) is 0 Å². The lowest BCUT2D eigenvalue weighted by Gasteiger charge is -2.56. The van der Waals surface area contributed by atoms with Crippen LogP contribution in [0.15, 0.2) is 12.1 Å². The number of carbonyl (C=O) groups excluding carboxylic acids is 2. The van der Waals surface area contributed by atoms with Crippen LogP contribution < -0.4 is 10.6 Å². The van der Waals surface area contributed by atoms with E-state index < -0.39 is 28.9 Å². The van der Waals surface area contributed by atoms with Crippen molar-refractivity contribution >= 4 is 11.8 Å². The minimum Gasteiger partial charge on any atom is -0.354 e. The molecule has 0 unspecified atom stereocenters. The summed E-state index contributed by atoms with van der Waals surface area (Å²) in [5.74, 6) is -3.04. The van der Waals surface area contributed by atoms with Gasteiger partial charge in [-0.1, -0.05) is 0 Å². The van der Waals surface area contributed by atoms with Crippen molar-refractivity contribution in [3.63, 3.8) is 0 Å². The molecule has 0 aromatic heterocycles. The second-order valence-corrected chi connectivity index (χ2v) is 8.92. The van der Waals surface area contributed by atoms with Crippen molar-refractivity contribution in [3.05, 3.63) is 35.1 Å². The molecule has 4 bridgehead atoms. The average molecular weight is 394 g/mol. The van der Waals surface area contributed by atoms with E-state index in [9.17, 15) is 22.8 Å². The van der Waals surface area contributed by atoms with Gasteiger partial charge in [0, 0.05) is 19.5 Å². The summed E-state index contributed by atoms with van der Waals surface area (Å²) in [6.45, 7) is 0.298. The summed E-state index contributed by atoms with van der Waals surface area (Å²) < 4.78 is 39.8. The molecule has 4 nitrogen and oxygen atoms in total. The summed E-state index contributed by atoms with van der Waals surface area (Å²) in [4.78, 5) is 24.3. The Morgan fingerprint density at radius 2 is 1.46 bits per heavy atom. The first-order chi connectivity index (χ1) is 13.3. The maximum Gasteiger partial charge on any atom is 0.254 e. The smallest absolute Gasteiger partial charge is 0.254 e. The van der Waals surface area contributed by atoms with Gasteiger partial charge >= 0.3 is 0 Å². The maximum atomic E-state index is 13.6. The summed E-state index contributed by atoms with van der Waals surface area (Å²) in [6.07, 6.45) is 7.96. The number of rotatable bonds is 6. The number of nitrogens with one attached hydrogen (secondary N) is 2. The Morgan fingerprint density at radius 1 is 0.893 bits per heavy atom. The molecule has 28 heavy (non-hydrogen) atoms. The predicted molar refractivity (Wildman–Crippen MR) is 96.9 cm³/mol.